The molecule has 1 aliphatic carbocycles. The molecule has 1 atom stereocenters. The minimum absolute atomic E-state index is 0.816. The fourth-order valence-electron chi connectivity index (χ4n) is 3.10. The van der Waals surface area contributed by atoms with Crippen molar-refractivity contribution < 1.29 is 0 Å². The van der Waals surface area contributed by atoms with Gasteiger partial charge in [0.25, 0.3) is 0 Å². The summed E-state index contributed by atoms with van der Waals surface area (Å²) in [5.74, 6) is 1.01. The highest BCUT2D eigenvalue weighted by Crippen LogP contribution is 2.25. The van der Waals surface area contributed by atoms with Gasteiger partial charge in [-0.2, -0.15) is 0 Å². The Morgan fingerprint density at radius 1 is 1.13 bits per heavy atom. The second-order valence-corrected chi connectivity index (χ2v) is 5.49. The molecule has 1 saturated heterocycles. The molecule has 1 unspecified atom stereocenters. The molecule has 2 rings (SSSR count). The van der Waals surface area contributed by atoms with Crippen molar-refractivity contribution >= 4 is 0 Å². The van der Waals surface area contributed by atoms with Crippen LogP contribution in [0.4, 0.5) is 0 Å². The molecule has 0 bridgehead atoms. The van der Waals surface area contributed by atoms with Crippen LogP contribution in [0.15, 0.2) is 0 Å². The van der Waals surface area contributed by atoms with Crippen molar-refractivity contribution in [3.8, 4) is 0 Å². The minimum Gasteiger partial charge on any atom is -0.314 e. The zero-order valence-electron chi connectivity index (χ0n) is 10.2. The number of rotatable bonds is 5. The Bertz CT molecular complexity index is 169. The maximum atomic E-state index is 3.58. The Balaban J connectivity index is 1.57. The summed E-state index contributed by atoms with van der Waals surface area (Å²) in [6.45, 7) is 3.87. The quantitative estimate of drug-likeness (QED) is 0.749. The second-order valence-electron chi connectivity index (χ2n) is 5.49. The van der Waals surface area contributed by atoms with Crippen LogP contribution in [0.1, 0.15) is 44.9 Å². The van der Waals surface area contributed by atoms with Crippen LogP contribution < -0.4 is 5.32 Å². The molecule has 2 heteroatoms. The van der Waals surface area contributed by atoms with Crippen LogP contribution in [0.2, 0.25) is 0 Å². The summed E-state index contributed by atoms with van der Waals surface area (Å²) in [6, 6.07) is 0.816. The Labute approximate surface area is 94.4 Å². The van der Waals surface area contributed by atoms with Gasteiger partial charge in [-0.3, -0.25) is 0 Å². The van der Waals surface area contributed by atoms with Gasteiger partial charge in [-0.1, -0.05) is 12.8 Å². The molecule has 88 valence electrons. The Morgan fingerprint density at radius 3 is 2.60 bits per heavy atom. The lowest BCUT2D eigenvalue weighted by molar-refractivity contribution is 0.265. The van der Waals surface area contributed by atoms with E-state index in [1.165, 1.54) is 64.6 Å². The van der Waals surface area contributed by atoms with Gasteiger partial charge in [-0.05, 0) is 58.2 Å². The van der Waals surface area contributed by atoms with Gasteiger partial charge in [-0.15, -0.1) is 0 Å². The molecule has 0 radical (unpaired) electrons. The second kappa shape index (κ2) is 5.86. The topological polar surface area (TPSA) is 15.3 Å². The first kappa shape index (κ1) is 11.4. The van der Waals surface area contributed by atoms with Crippen molar-refractivity contribution in [2.75, 3.05) is 26.7 Å². The van der Waals surface area contributed by atoms with Crippen LogP contribution in [0.25, 0.3) is 0 Å². The third kappa shape index (κ3) is 3.76. The fourth-order valence-corrected chi connectivity index (χ4v) is 3.10. The van der Waals surface area contributed by atoms with Gasteiger partial charge in [0.05, 0.1) is 0 Å². The first-order chi connectivity index (χ1) is 7.34. The van der Waals surface area contributed by atoms with E-state index in [9.17, 15) is 0 Å². The van der Waals surface area contributed by atoms with Crippen molar-refractivity contribution in [1.29, 1.82) is 0 Å². The average Bonchev–Trinajstić information content (AvgIpc) is 2.86. The molecule has 0 spiro atoms. The summed E-state index contributed by atoms with van der Waals surface area (Å²) in [6.07, 6.45) is 10.0. The molecule has 1 saturated carbocycles. The molecular formula is C13H26N2. The SMILES string of the molecule is CN(CCC1CCCN1)CC1CCCC1. The maximum Gasteiger partial charge on any atom is 0.00797 e. The van der Waals surface area contributed by atoms with E-state index in [4.69, 9.17) is 0 Å². The minimum atomic E-state index is 0.816. The molecule has 1 aliphatic heterocycles. The van der Waals surface area contributed by atoms with Crippen molar-refractivity contribution in [2.45, 2.75) is 51.0 Å². The monoisotopic (exact) mass is 210 g/mol. The van der Waals surface area contributed by atoms with Crippen molar-refractivity contribution in [3.05, 3.63) is 0 Å². The van der Waals surface area contributed by atoms with E-state index in [-0.39, 0.29) is 0 Å². The standard InChI is InChI=1S/C13H26N2/c1-15(11-12-5-2-3-6-12)10-8-13-7-4-9-14-13/h12-14H,2-11H2,1H3. The van der Waals surface area contributed by atoms with E-state index in [0.717, 1.165) is 12.0 Å². The van der Waals surface area contributed by atoms with E-state index in [1.54, 1.807) is 0 Å². The van der Waals surface area contributed by atoms with E-state index in [0.29, 0.717) is 0 Å². The summed E-state index contributed by atoms with van der Waals surface area (Å²) in [4.78, 5) is 2.55. The zero-order valence-corrected chi connectivity index (χ0v) is 10.2. The molecule has 0 aromatic heterocycles. The summed E-state index contributed by atoms with van der Waals surface area (Å²) in [7, 11) is 2.30. The van der Waals surface area contributed by atoms with Gasteiger partial charge in [-0.25, -0.2) is 0 Å². The lowest BCUT2D eigenvalue weighted by atomic mass is 10.1. The molecule has 1 N–H and O–H groups in total. The fraction of sp³-hybridized carbons (Fsp3) is 1.00. The van der Waals surface area contributed by atoms with Crippen LogP contribution in [0, 0.1) is 5.92 Å². The predicted molar refractivity (Wildman–Crippen MR) is 65.1 cm³/mol. The molecule has 0 aromatic carbocycles. The largest absolute Gasteiger partial charge is 0.314 e. The lowest BCUT2D eigenvalue weighted by Crippen LogP contribution is -2.31. The summed E-state index contributed by atoms with van der Waals surface area (Å²) >= 11 is 0. The van der Waals surface area contributed by atoms with Gasteiger partial charge in [0.2, 0.25) is 0 Å². The Kier molecular flexibility index (Phi) is 4.45. The highest BCUT2D eigenvalue weighted by Gasteiger charge is 2.18. The number of nitrogens with zero attached hydrogens (tertiary/aromatic N) is 1. The average molecular weight is 210 g/mol. The molecule has 0 aromatic rings. The first-order valence-corrected chi connectivity index (χ1v) is 6.76. The van der Waals surface area contributed by atoms with E-state index >= 15 is 0 Å². The molecule has 2 nitrogen and oxygen atoms in total. The molecular weight excluding hydrogens is 184 g/mol. The molecule has 1 heterocycles. The van der Waals surface area contributed by atoms with Crippen LogP contribution in [0.3, 0.4) is 0 Å². The van der Waals surface area contributed by atoms with Gasteiger partial charge in [0, 0.05) is 12.6 Å². The molecule has 2 aliphatic rings. The van der Waals surface area contributed by atoms with Crippen molar-refractivity contribution in [2.24, 2.45) is 5.92 Å². The summed E-state index contributed by atoms with van der Waals surface area (Å²) in [5, 5.41) is 3.58. The van der Waals surface area contributed by atoms with Crippen LogP contribution in [-0.2, 0) is 0 Å². The molecule has 0 amide bonds. The van der Waals surface area contributed by atoms with E-state index in [1.807, 2.05) is 0 Å². The number of nitrogens with one attached hydrogen (secondary N) is 1. The van der Waals surface area contributed by atoms with Crippen LogP contribution in [-0.4, -0.2) is 37.6 Å². The zero-order chi connectivity index (χ0) is 10.5. The summed E-state index contributed by atoms with van der Waals surface area (Å²) in [5.41, 5.74) is 0. The third-order valence-electron chi connectivity index (χ3n) is 4.07. The van der Waals surface area contributed by atoms with Gasteiger partial charge in [0.15, 0.2) is 0 Å². The normalized spacial score (nSPS) is 28.0. The highest BCUT2D eigenvalue weighted by molar-refractivity contribution is 4.76. The molecule has 15 heavy (non-hydrogen) atoms. The smallest absolute Gasteiger partial charge is 0.00797 e. The van der Waals surface area contributed by atoms with E-state index < -0.39 is 0 Å². The van der Waals surface area contributed by atoms with Gasteiger partial charge >= 0.3 is 0 Å². The van der Waals surface area contributed by atoms with Crippen molar-refractivity contribution in [1.82, 2.24) is 10.2 Å². The van der Waals surface area contributed by atoms with E-state index in [2.05, 4.69) is 17.3 Å². The first-order valence-electron chi connectivity index (χ1n) is 6.76. The van der Waals surface area contributed by atoms with Crippen LogP contribution in [0.5, 0.6) is 0 Å². The lowest BCUT2D eigenvalue weighted by Gasteiger charge is -2.22. The highest BCUT2D eigenvalue weighted by atomic mass is 15.1. The number of hydrogen-bond donors (Lipinski definition) is 1. The van der Waals surface area contributed by atoms with Gasteiger partial charge in [0.1, 0.15) is 0 Å². The Morgan fingerprint density at radius 2 is 1.93 bits per heavy atom. The van der Waals surface area contributed by atoms with Crippen molar-refractivity contribution in [3.63, 3.8) is 0 Å². The number of hydrogen-bond acceptors (Lipinski definition) is 2. The summed E-state index contributed by atoms with van der Waals surface area (Å²) < 4.78 is 0. The Hall–Kier alpha value is -0.0800. The predicted octanol–water partition coefficient (Wildman–Crippen LogP) is 2.25. The van der Waals surface area contributed by atoms with Crippen LogP contribution >= 0.6 is 0 Å². The van der Waals surface area contributed by atoms with Gasteiger partial charge < -0.3 is 10.2 Å². The maximum absolute atomic E-state index is 3.58. The molecule has 2 fully saturated rings. The third-order valence-corrected chi connectivity index (χ3v) is 4.07.